The summed E-state index contributed by atoms with van der Waals surface area (Å²) in [6, 6.07) is 5.76. The van der Waals surface area contributed by atoms with E-state index in [0.717, 1.165) is 11.8 Å². The highest BCUT2D eigenvalue weighted by molar-refractivity contribution is 5.93. The Morgan fingerprint density at radius 3 is 2.77 bits per heavy atom. The maximum absolute atomic E-state index is 13.5. The number of pyridine rings is 2. The Balaban J connectivity index is 1.88. The van der Waals surface area contributed by atoms with Gasteiger partial charge in [0, 0.05) is 25.8 Å². The number of aromatic nitrogens is 2. The van der Waals surface area contributed by atoms with Crippen LogP contribution in [0.5, 0.6) is 0 Å². The molecular formula is C25H26F3N3O4. The summed E-state index contributed by atoms with van der Waals surface area (Å²) in [6.45, 7) is 6.87. The third kappa shape index (κ3) is 5.02. The maximum atomic E-state index is 13.5. The molecule has 3 aromatic rings. The van der Waals surface area contributed by atoms with Crippen molar-refractivity contribution in [2.45, 2.75) is 39.6 Å². The Kier molecular flexibility index (Phi) is 6.84. The first-order valence-corrected chi connectivity index (χ1v) is 11.3. The average Bonchev–Trinajstić information content (AvgIpc) is 2.81. The van der Waals surface area contributed by atoms with E-state index in [1.54, 1.807) is 29.8 Å². The Labute approximate surface area is 200 Å². The molecule has 1 saturated heterocycles. The molecule has 0 radical (unpaired) electrons. The van der Waals surface area contributed by atoms with Crippen molar-refractivity contribution in [2.24, 2.45) is 0 Å². The third-order valence-electron chi connectivity index (χ3n) is 6.10. The fourth-order valence-electron chi connectivity index (χ4n) is 4.30. The van der Waals surface area contributed by atoms with E-state index >= 15 is 0 Å². The molecule has 0 saturated carbocycles. The van der Waals surface area contributed by atoms with Gasteiger partial charge in [-0.15, -0.1) is 0 Å². The number of rotatable bonds is 5. The molecule has 1 aliphatic rings. The van der Waals surface area contributed by atoms with Gasteiger partial charge in [-0.3, -0.25) is 4.79 Å². The standard InChI is InChI=1S/C25H26F3N3O4/c1-4-34-24(33)19-14-31(13-17-6-5-7-20(16(17)3)25(26,27)28)21-10-18(11-29-22(21)23(19)32)30-8-9-35-15(2)12-30/h5-7,10-11,14-15H,4,8-9,12-13H2,1-3H3/t15-/m0/s1. The zero-order chi connectivity index (χ0) is 25.3. The van der Waals surface area contributed by atoms with Crippen LogP contribution in [0.1, 0.15) is 40.9 Å². The second-order valence-corrected chi connectivity index (χ2v) is 8.50. The van der Waals surface area contributed by atoms with Gasteiger partial charge in [0.1, 0.15) is 11.1 Å². The summed E-state index contributed by atoms with van der Waals surface area (Å²) in [5.74, 6) is -0.804. The minimum Gasteiger partial charge on any atom is -0.462 e. The lowest BCUT2D eigenvalue weighted by Crippen LogP contribution is -2.41. The monoisotopic (exact) mass is 489 g/mol. The summed E-state index contributed by atoms with van der Waals surface area (Å²) in [5, 5.41) is 0. The quantitative estimate of drug-likeness (QED) is 0.501. The SMILES string of the molecule is CCOC(=O)c1cn(Cc2cccc(C(F)(F)F)c2C)c2cc(N3CCO[C@@H](C)C3)cnc2c1=O. The smallest absolute Gasteiger partial charge is 0.416 e. The van der Waals surface area contributed by atoms with Crippen molar-refractivity contribution in [2.75, 3.05) is 31.2 Å². The highest BCUT2D eigenvalue weighted by Crippen LogP contribution is 2.33. The van der Waals surface area contributed by atoms with Gasteiger partial charge in [-0.1, -0.05) is 12.1 Å². The summed E-state index contributed by atoms with van der Waals surface area (Å²) in [4.78, 5) is 32.0. The Bertz CT molecular complexity index is 1320. The molecule has 1 aromatic carbocycles. The largest absolute Gasteiger partial charge is 0.462 e. The molecule has 1 aliphatic heterocycles. The average molecular weight is 489 g/mol. The number of carbonyl (C=O) groups excluding carboxylic acids is 1. The van der Waals surface area contributed by atoms with Crippen LogP contribution in [-0.4, -0.2) is 47.9 Å². The number of carbonyl (C=O) groups is 1. The molecule has 0 amide bonds. The Hall–Kier alpha value is -3.40. The molecule has 4 rings (SSSR count). The van der Waals surface area contributed by atoms with Crippen LogP contribution in [0.15, 0.2) is 41.5 Å². The fraction of sp³-hybridized carbons (Fsp3) is 0.400. The van der Waals surface area contributed by atoms with E-state index < -0.39 is 23.1 Å². The lowest BCUT2D eigenvalue weighted by molar-refractivity contribution is -0.138. The molecular weight excluding hydrogens is 463 g/mol. The number of halogens is 3. The minimum atomic E-state index is -4.50. The number of morpholine rings is 1. The number of anilines is 1. The fourth-order valence-corrected chi connectivity index (χ4v) is 4.30. The van der Waals surface area contributed by atoms with Gasteiger partial charge in [0.25, 0.3) is 0 Å². The summed E-state index contributed by atoms with van der Waals surface area (Å²) in [7, 11) is 0. The first-order valence-electron chi connectivity index (χ1n) is 11.3. The molecule has 186 valence electrons. The summed E-state index contributed by atoms with van der Waals surface area (Å²) < 4.78 is 52.7. The van der Waals surface area contributed by atoms with Gasteiger partial charge in [0.2, 0.25) is 5.43 Å². The van der Waals surface area contributed by atoms with E-state index in [2.05, 4.69) is 9.88 Å². The minimum absolute atomic E-state index is 0.00356. The van der Waals surface area contributed by atoms with Crippen LogP contribution in [0.4, 0.5) is 18.9 Å². The lowest BCUT2D eigenvalue weighted by Gasteiger charge is -2.32. The molecule has 0 unspecified atom stereocenters. The van der Waals surface area contributed by atoms with E-state index in [-0.39, 0.29) is 35.9 Å². The predicted octanol–water partition coefficient (Wildman–Crippen LogP) is 4.17. The van der Waals surface area contributed by atoms with Gasteiger partial charge in [-0.25, -0.2) is 9.78 Å². The molecule has 0 aliphatic carbocycles. The van der Waals surface area contributed by atoms with Crippen LogP contribution in [0.3, 0.4) is 0 Å². The maximum Gasteiger partial charge on any atom is 0.416 e. The number of nitrogens with zero attached hydrogens (tertiary/aromatic N) is 3. The van der Waals surface area contributed by atoms with Crippen LogP contribution in [0.25, 0.3) is 11.0 Å². The molecule has 0 spiro atoms. The summed E-state index contributed by atoms with van der Waals surface area (Å²) >= 11 is 0. The number of ether oxygens (including phenoxy) is 2. The topological polar surface area (TPSA) is 73.7 Å². The molecule has 10 heteroatoms. The number of benzene rings is 1. The lowest BCUT2D eigenvalue weighted by atomic mass is 10.0. The van der Waals surface area contributed by atoms with E-state index in [1.165, 1.54) is 19.2 Å². The zero-order valence-corrected chi connectivity index (χ0v) is 19.7. The molecule has 0 bridgehead atoms. The van der Waals surface area contributed by atoms with E-state index in [0.29, 0.717) is 30.8 Å². The van der Waals surface area contributed by atoms with Crippen molar-refractivity contribution in [3.63, 3.8) is 0 Å². The highest BCUT2D eigenvalue weighted by atomic mass is 19.4. The second kappa shape index (κ2) is 9.69. The van der Waals surface area contributed by atoms with Crippen LogP contribution in [0, 0.1) is 6.92 Å². The van der Waals surface area contributed by atoms with E-state index in [9.17, 15) is 22.8 Å². The third-order valence-corrected chi connectivity index (χ3v) is 6.10. The predicted molar refractivity (Wildman–Crippen MR) is 125 cm³/mol. The van der Waals surface area contributed by atoms with Crippen molar-refractivity contribution < 1.29 is 27.4 Å². The van der Waals surface area contributed by atoms with Crippen LogP contribution in [0.2, 0.25) is 0 Å². The van der Waals surface area contributed by atoms with Crippen LogP contribution >= 0.6 is 0 Å². The van der Waals surface area contributed by atoms with Gasteiger partial charge < -0.3 is 18.9 Å². The molecule has 35 heavy (non-hydrogen) atoms. The highest BCUT2D eigenvalue weighted by Gasteiger charge is 2.33. The number of alkyl halides is 3. The number of esters is 1. The van der Waals surface area contributed by atoms with Crippen molar-refractivity contribution in [3.05, 3.63) is 69.1 Å². The van der Waals surface area contributed by atoms with Crippen LogP contribution in [-0.2, 0) is 22.2 Å². The van der Waals surface area contributed by atoms with E-state index in [1.807, 2.05) is 6.92 Å². The van der Waals surface area contributed by atoms with Crippen molar-refractivity contribution in [1.82, 2.24) is 9.55 Å². The summed E-state index contributed by atoms with van der Waals surface area (Å²) in [5.41, 5.74) is 0.168. The molecule has 0 N–H and O–H groups in total. The van der Waals surface area contributed by atoms with Crippen molar-refractivity contribution in [1.29, 1.82) is 0 Å². The van der Waals surface area contributed by atoms with Gasteiger partial charge in [-0.05, 0) is 44.0 Å². The number of hydrogen-bond acceptors (Lipinski definition) is 6. The van der Waals surface area contributed by atoms with Gasteiger partial charge >= 0.3 is 12.1 Å². The Morgan fingerprint density at radius 2 is 2.09 bits per heavy atom. The van der Waals surface area contributed by atoms with Gasteiger partial charge in [0.05, 0.1) is 42.3 Å². The second-order valence-electron chi connectivity index (χ2n) is 8.50. The van der Waals surface area contributed by atoms with Crippen LogP contribution < -0.4 is 10.3 Å². The zero-order valence-electron chi connectivity index (χ0n) is 19.7. The number of hydrogen-bond donors (Lipinski definition) is 0. The summed E-state index contributed by atoms with van der Waals surface area (Å²) in [6.07, 6.45) is -1.57. The first kappa shape index (κ1) is 24.7. The molecule has 1 fully saturated rings. The van der Waals surface area contributed by atoms with E-state index in [4.69, 9.17) is 9.47 Å². The van der Waals surface area contributed by atoms with Gasteiger partial charge in [0.15, 0.2) is 0 Å². The molecule has 2 aromatic heterocycles. The Morgan fingerprint density at radius 1 is 1.31 bits per heavy atom. The van der Waals surface area contributed by atoms with Gasteiger partial charge in [-0.2, -0.15) is 13.2 Å². The van der Waals surface area contributed by atoms with Crippen molar-refractivity contribution >= 4 is 22.7 Å². The molecule has 3 heterocycles. The molecule has 7 nitrogen and oxygen atoms in total. The first-order chi connectivity index (χ1) is 16.6. The normalized spacial score (nSPS) is 16.5. The number of fused-ring (bicyclic) bond motifs is 1. The molecule has 1 atom stereocenters. The van der Waals surface area contributed by atoms with Crippen molar-refractivity contribution in [3.8, 4) is 0 Å².